The minimum Gasteiger partial charge on any atom is -0.506 e. The molecule has 2 fully saturated rings. The number of nitrogens with zero attached hydrogens (tertiary/aromatic N) is 2. The van der Waals surface area contributed by atoms with Crippen molar-refractivity contribution in [3.05, 3.63) is 82.0 Å². The summed E-state index contributed by atoms with van der Waals surface area (Å²) in [6.07, 6.45) is 0.529. The zero-order valence-corrected chi connectivity index (χ0v) is 25.6. The Morgan fingerprint density at radius 2 is 1.76 bits per heavy atom. The number of nitrogens with one attached hydrogen (secondary N) is 3. The molecule has 3 heterocycles. The number of aliphatic hydroxyl groups is 1. The molecule has 1 aromatic heterocycles. The summed E-state index contributed by atoms with van der Waals surface area (Å²) >= 11 is 0.959. The number of carbonyl (C=O) groups is 2. The van der Waals surface area contributed by atoms with Gasteiger partial charge in [-0.2, -0.15) is 0 Å². The normalized spacial score (nSPS) is 18.2. The van der Waals surface area contributed by atoms with Crippen LogP contribution in [0.15, 0.2) is 71.5 Å². The number of rotatable bonds is 9. The number of carbonyl (C=O) groups excluding carboxylic acids is 2. The van der Waals surface area contributed by atoms with Gasteiger partial charge in [0.2, 0.25) is 5.91 Å². The highest BCUT2D eigenvalue weighted by molar-refractivity contribution is 7.16. The number of ether oxygens (including phenoxy) is 1. The van der Waals surface area contributed by atoms with Gasteiger partial charge in [-0.05, 0) is 37.0 Å². The Morgan fingerprint density at radius 1 is 1.00 bits per heavy atom. The molecule has 45 heavy (non-hydrogen) atoms. The largest absolute Gasteiger partial charge is 0.506 e. The van der Waals surface area contributed by atoms with Crippen LogP contribution in [0.2, 0.25) is 0 Å². The maximum absolute atomic E-state index is 13.1. The molecule has 2 atom stereocenters. The molecule has 11 nitrogen and oxygen atoms in total. The summed E-state index contributed by atoms with van der Waals surface area (Å²) in [6, 6.07) is 20.7. The highest BCUT2D eigenvalue weighted by Crippen LogP contribution is 2.31. The monoisotopic (exact) mass is 631 g/mol. The number of fused-ring (bicyclic) bond motifs is 1. The fourth-order valence-corrected chi connectivity index (χ4v) is 6.99. The van der Waals surface area contributed by atoms with Crippen LogP contribution in [0.1, 0.15) is 30.9 Å². The van der Waals surface area contributed by atoms with Crippen molar-refractivity contribution in [2.24, 2.45) is 0 Å². The van der Waals surface area contributed by atoms with Crippen LogP contribution in [-0.2, 0) is 9.53 Å². The summed E-state index contributed by atoms with van der Waals surface area (Å²) < 4.78 is 6.27. The Morgan fingerprint density at radius 3 is 2.56 bits per heavy atom. The van der Waals surface area contributed by atoms with Gasteiger partial charge in [-0.1, -0.05) is 65.9 Å². The number of likely N-dealkylation sites (tertiary alicyclic amines) is 2. The minimum absolute atomic E-state index is 0.0276. The van der Waals surface area contributed by atoms with Crippen molar-refractivity contribution in [2.45, 2.75) is 37.5 Å². The van der Waals surface area contributed by atoms with E-state index in [9.17, 15) is 24.6 Å². The molecule has 2 saturated heterocycles. The van der Waals surface area contributed by atoms with E-state index in [1.54, 1.807) is 6.07 Å². The number of benzene rings is 3. The SMILES string of the molecule is O=C(Nc1ccccc1-c1ccccc1)OC1CCN(CC(=O)N2CC[C@@H](NC[C@H](O)c3ccc(O)c4[nH]c(=O)sc34)C2)CC1. The number of amides is 2. The van der Waals surface area contributed by atoms with E-state index >= 15 is 0 Å². The predicted octanol–water partition coefficient (Wildman–Crippen LogP) is 3.90. The smallest absolute Gasteiger partial charge is 0.411 e. The second-order valence-corrected chi connectivity index (χ2v) is 12.5. The van der Waals surface area contributed by atoms with E-state index in [1.165, 1.54) is 6.07 Å². The molecular formula is C33H37N5O6S. The molecule has 0 unspecified atom stereocenters. The highest BCUT2D eigenvalue weighted by atomic mass is 32.1. The minimum atomic E-state index is -0.867. The molecule has 0 radical (unpaired) electrons. The van der Waals surface area contributed by atoms with Gasteiger partial charge in [-0.3, -0.25) is 19.8 Å². The third-order valence-corrected chi connectivity index (χ3v) is 9.43. The van der Waals surface area contributed by atoms with Gasteiger partial charge in [0.05, 0.1) is 23.0 Å². The third-order valence-electron chi connectivity index (χ3n) is 8.50. The van der Waals surface area contributed by atoms with Crippen LogP contribution < -0.4 is 15.5 Å². The number of anilines is 1. The molecule has 3 aromatic carbocycles. The van der Waals surface area contributed by atoms with E-state index in [-0.39, 0.29) is 35.2 Å². The number of aliphatic hydroxyl groups excluding tert-OH is 1. The van der Waals surface area contributed by atoms with E-state index < -0.39 is 12.2 Å². The maximum Gasteiger partial charge on any atom is 0.411 e. The molecule has 0 spiro atoms. The van der Waals surface area contributed by atoms with Gasteiger partial charge in [0.1, 0.15) is 17.4 Å². The molecule has 2 aliphatic rings. The molecule has 4 aromatic rings. The Bertz CT molecular complexity index is 1700. The third kappa shape index (κ3) is 7.36. The zero-order valence-electron chi connectivity index (χ0n) is 24.8. The lowest BCUT2D eigenvalue weighted by molar-refractivity contribution is -0.132. The second kappa shape index (κ2) is 13.8. The number of phenolic OH excluding ortho intramolecular Hbond substituents is 1. The van der Waals surface area contributed by atoms with E-state index in [4.69, 9.17) is 4.74 Å². The van der Waals surface area contributed by atoms with Crippen molar-refractivity contribution < 1.29 is 24.5 Å². The number of hydrogen-bond acceptors (Lipinski definition) is 9. The first-order chi connectivity index (χ1) is 21.8. The molecule has 5 N–H and O–H groups in total. The van der Waals surface area contributed by atoms with Gasteiger partial charge in [0.15, 0.2) is 0 Å². The molecular weight excluding hydrogens is 594 g/mol. The van der Waals surface area contributed by atoms with Gasteiger partial charge in [-0.25, -0.2) is 4.79 Å². The van der Waals surface area contributed by atoms with E-state index in [0.717, 1.165) is 28.9 Å². The number of H-pyrrole nitrogens is 1. The van der Waals surface area contributed by atoms with Crippen LogP contribution in [0.25, 0.3) is 21.3 Å². The van der Waals surface area contributed by atoms with Crippen molar-refractivity contribution in [3.8, 4) is 16.9 Å². The maximum atomic E-state index is 13.1. The molecule has 12 heteroatoms. The first-order valence-electron chi connectivity index (χ1n) is 15.2. The van der Waals surface area contributed by atoms with Crippen LogP contribution in [0, 0.1) is 0 Å². The van der Waals surface area contributed by atoms with Crippen LogP contribution in [0.5, 0.6) is 5.75 Å². The summed E-state index contributed by atoms with van der Waals surface area (Å²) in [5.41, 5.74) is 3.54. The number of phenols is 1. The van der Waals surface area contributed by atoms with Gasteiger partial charge in [0, 0.05) is 49.9 Å². The van der Waals surface area contributed by atoms with Crippen LogP contribution >= 0.6 is 11.3 Å². The Balaban J connectivity index is 0.923. The highest BCUT2D eigenvalue weighted by Gasteiger charge is 2.30. The van der Waals surface area contributed by atoms with Gasteiger partial charge >= 0.3 is 11.0 Å². The molecule has 0 aliphatic carbocycles. The van der Waals surface area contributed by atoms with E-state index in [2.05, 4.69) is 20.5 Å². The van der Waals surface area contributed by atoms with Gasteiger partial charge in [0.25, 0.3) is 0 Å². The number of hydrogen-bond donors (Lipinski definition) is 5. The molecule has 2 aliphatic heterocycles. The zero-order chi connectivity index (χ0) is 31.3. The Hall–Kier alpha value is -4.23. The van der Waals surface area contributed by atoms with Crippen molar-refractivity contribution in [1.29, 1.82) is 0 Å². The number of aromatic hydroxyl groups is 1. The van der Waals surface area contributed by atoms with Crippen LogP contribution in [0.4, 0.5) is 10.5 Å². The lowest BCUT2D eigenvalue weighted by atomic mass is 10.0. The average Bonchev–Trinajstić information content (AvgIpc) is 3.69. The number of thiazole rings is 1. The van der Waals surface area contributed by atoms with E-state index in [1.807, 2.05) is 59.5 Å². The average molecular weight is 632 g/mol. The Kier molecular flexibility index (Phi) is 9.45. The topological polar surface area (TPSA) is 147 Å². The van der Waals surface area contributed by atoms with Crippen molar-refractivity contribution in [3.63, 3.8) is 0 Å². The molecule has 2 amide bonds. The standard InChI is InChI=1S/C33H37N5O6S/c39-27-11-10-25(31-30(27)36-33(43)45-31)28(40)18-34-22-12-17-38(19-22)29(41)20-37-15-13-23(14-16-37)44-32(42)35-26-9-5-4-8-24(26)21-6-2-1-3-7-21/h1-11,22-23,28,34,39-40H,12-20H2,(H,35,42)(H,36,43)/t22-,28+/m1/s1. The van der Waals surface area contributed by atoms with E-state index in [0.29, 0.717) is 67.0 Å². The first-order valence-corrected chi connectivity index (χ1v) is 16.0. The summed E-state index contributed by atoms with van der Waals surface area (Å²) in [4.78, 5) is 43.8. The first kappa shape index (κ1) is 30.8. The summed E-state index contributed by atoms with van der Waals surface area (Å²) in [5.74, 6) is 0.0342. The number of piperidine rings is 1. The van der Waals surface area contributed by atoms with Crippen molar-refractivity contribution in [1.82, 2.24) is 20.1 Å². The van der Waals surface area contributed by atoms with Crippen molar-refractivity contribution >= 4 is 39.2 Å². The molecule has 6 rings (SSSR count). The fraction of sp³-hybridized carbons (Fsp3) is 0.364. The molecule has 0 saturated carbocycles. The predicted molar refractivity (Wildman–Crippen MR) is 174 cm³/mol. The lowest BCUT2D eigenvalue weighted by Gasteiger charge is -2.32. The summed E-state index contributed by atoms with van der Waals surface area (Å²) in [6.45, 7) is 3.10. The fourth-order valence-electron chi connectivity index (χ4n) is 6.07. The lowest BCUT2D eigenvalue weighted by Crippen LogP contribution is -2.45. The summed E-state index contributed by atoms with van der Waals surface area (Å²) in [7, 11) is 0. The van der Waals surface area contributed by atoms with Crippen molar-refractivity contribution in [2.75, 3.05) is 44.6 Å². The molecule has 236 valence electrons. The quantitative estimate of drug-likeness (QED) is 0.187. The van der Waals surface area contributed by atoms with Crippen LogP contribution in [0.3, 0.4) is 0 Å². The van der Waals surface area contributed by atoms with Gasteiger partial charge < -0.3 is 30.2 Å². The number of aromatic nitrogens is 1. The van der Waals surface area contributed by atoms with Crippen LogP contribution in [-0.4, -0.2) is 88.4 Å². The molecule has 0 bridgehead atoms. The Labute approximate surface area is 264 Å². The van der Waals surface area contributed by atoms with Gasteiger partial charge in [-0.15, -0.1) is 0 Å². The summed E-state index contributed by atoms with van der Waals surface area (Å²) in [5, 5.41) is 27.1. The number of para-hydroxylation sites is 1. The second-order valence-electron chi connectivity index (χ2n) is 11.6. The number of aromatic amines is 1.